The number of nitrogens with zero attached hydrogens (tertiary/aromatic N) is 2. The van der Waals surface area contributed by atoms with E-state index < -0.39 is 0 Å². The van der Waals surface area contributed by atoms with Gasteiger partial charge in [0.25, 0.3) is 5.91 Å². The standard InChI is InChI=1S/C27H28FN3O/c1-20-10-14-22(15-11-20)27(32)29-18-6-2-3-9-26-30-24-7-4-5-8-25(24)31(26)19-21-12-16-23(28)17-13-21/h4-5,7-8,10-17H,2-3,6,9,18-19H2,1H3,(H,29,32). The third-order valence-electron chi connectivity index (χ3n) is 5.66. The van der Waals surface area contributed by atoms with Gasteiger partial charge in [0.1, 0.15) is 11.6 Å². The summed E-state index contributed by atoms with van der Waals surface area (Å²) in [7, 11) is 0. The minimum Gasteiger partial charge on any atom is -0.352 e. The summed E-state index contributed by atoms with van der Waals surface area (Å²) in [5.74, 6) is 0.796. The highest BCUT2D eigenvalue weighted by Gasteiger charge is 2.11. The summed E-state index contributed by atoms with van der Waals surface area (Å²) in [5.41, 5.74) is 4.97. The summed E-state index contributed by atoms with van der Waals surface area (Å²) >= 11 is 0. The number of carbonyl (C=O) groups is 1. The molecule has 0 fully saturated rings. The van der Waals surface area contributed by atoms with Gasteiger partial charge in [-0.15, -0.1) is 0 Å². The fourth-order valence-electron chi connectivity index (χ4n) is 3.86. The van der Waals surface area contributed by atoms with Gasteiger partial charge >= 0.3 is 0 Å². The number of hydrogen-bond donors (Lipinski definition) is 1. The molecule has 32 heavy (non-hydrogen) atoms. The number of para-hydroxylation sites is 2. The molecule has 1 N–H and O–H groups in total. The van der Waals surface area contributed by atoms with E-state index in [-0.39, 0.29) is 11.7 Å². The molecule has 4 nitrogen and oxygen atoms in total. The molecule has 0 unspecified atom stereocenters. The highest BCUT2D eigenvalue weighted by Crippen LogP contribution is 2.20. The van der Waals surface area contributed by atoms with Gasteiger partial charge in [-0.05, 0) is 61.7 Å². The maximum Gasteiger partial charge on any atom is 0.251 e. The Morgan fingerprint density at radius 1 is 0.938 bits per heavy atom. The molecule has 0 aliphatic heterocycles. The van der Waals surface area contributed by atoms with Crippen molar-refractivity contribution in [1.82, 2.24) is 14.9 Å². The van der Waals surface area contributed by atoms with Crippen molar-refractivity contribution in [3.05, 3.63) is 101 Å². The lowest BCUT2D eigenvalue weighted by atomic mass is 10.1. The molecule has 0 atom stereocenters. The molecule has 0 bridgehead atoms. The Morgan fingerprint density at radius 3 is 2.47 bits per heavy atom. The van der Waals surface area contributed by atoms with Crippen LogP contribution in [0, 0.1) is 12.7 Å². The minimum absolute atomic E-state index is 0.0221. The summed E-state index contributed by atoms with van der Waals surface area (Å²) in [6, 6.07) is 22.4. The number of benzene rings is 3. The Labute approximate surface area is 188 Å². The molecule has 0 saturated heterocycles. The van der Waals surface area contributed by atoms with E-state index in [1.54, 1.807) is 0 Å². The second-order valence-corrected chi connectivity index (χ2v) is 8.16. The van der Waals surface area contributed by atoms with E-state index in [1.165, 1.54) is 12.1 Å². The van der Waals surface area contributed by atoms with E-state index in [0.29, 0.717) is 18.7 Å². The fourth-order valence-corrected chi connectivity index (χ4v) is 3.86. The number of halogens is 1. The molecule has 0 aliphatic rings. The molecule has 1 aromatic heterocycles. The van der Waals surface area contributed by atoms with Gasteiger partial charge in [-0.1, -0.05) is 48.4 Å². The van der Waals surface area contributed by atoms with Crippen molar-refractivity contribution in [2.75, 3.05) is 6.54 Å². The quantitative estimate of drug-likeness (QED) is 0.348. The van der Waals surface area contributed by atoms with E-state index in [1.807, 2.05) is 61.5 Å². The third kappa shape index (κ3) is 5.41. The molecule has 0 spiro atoms. The molecule has 0 aliphatic carbocycles. The van der Waals surface area contributed by atoms with E-state index in [0.717, 1.165) is 53.7 Å². The molecule has 4 aromatic rings. The van der Waals surface area contributed by atoms with Gasteiger partial charge in [0.05, 0.1) is 11.0 Å². The number of rotatable bonds is 9. The molecular formula is C27H28FN3O. The summed E-state index contributed by atoms with van der Waals surface area (Å²) in [6.07, 6.45) is 3.79. The molecule has 3 aromatic carbocycles. The van der Waals surface area contributed by atoms with Gasteiger partial charge in [0.15, 0.2) is 0 Å². The Bertz CT molecular complexity index is 1180. The van der Waals surface area contributed by atoms with Gasteiger partial charge in [0.2, 0.25) is 0 Å². The monoisotopic (exact) mass is 429 g/mol. The van der Waals surface area contributed by atoms with Crippen LogP contribution in [0.15, 0.2) is 72.8 Å². The molecule has 0 radical (unpaired) electrons. The molecule has 0 saturated carbocycles. The van der Waals surface area contributed by atoms with Crippen molar-refractivity contribution >= 4 is 16.9 Å². The van der Waals surface area contributed by atoms with E-state index >= 15 is 0 Å². The fraction of sp³-hybridized carbons (Fsp3) is 0.259. The lowest BCUT2D eigenvalue weighted by molar-refractivity contribution is 0.0953. The zero-order valence-corrected chi connectivity index (χ0v) is 18.4. The number of aromatic nitrogens is 2. The summed E-state index contributed by atoms with van der Waals surface area (Å²) in [5, 5.41) is 3.00. The van der Waals surface area contributed by atoms with E-state index in [2.05, 4.69) is 16.0 Å². The Kier molecular flexibility index (Phi) is 6.95. The molecule has 164 valence electrons. The summed E-state index contributed by atoms with van der Waals surface area (Å²) in [6.45, 7) is 3.34. The van der Waals surface area contributed by atoms with Crippen molar-refractivity contribution in [3.8, 4) is 0 Å². The number of unbranched alkanes of at least 4 members (excludes halogenated alkanes) is 2. The third-order valence-corrected chi connectivity index (χ3v) is 5.66. The SMILES string of the molecule is Cc1ccc(C(=O)NCCCCCc2nc3ccccc3n2Cc2ccc(F)cc2)cc1. The molecule has 5 heteroatoms. The van der Waals surface area contributed by atoms with E-state index in [4.69, 9.17) is 4.98 Å². The molecule has 1 amide bonds. The van der Waals surface area contributed by atoms with Crippen LogP contribution in [0.2, 0.25) is 0 Å². The van der Waals surface area contributed by atoms with Crippen LogP contribution < -0.4 is 5.32 Å². The highest BCUT2D eigenvalue weighted by atomic mass is 19.1. The molecule has 1 heterocycles. The van der Waals surface area contributed by atoms with Crippen LogP contribution in [0.3, 0.4) is 0 Å². The van der Waals surface area contributed by atoms with Gasteiger partial charge < -0.3 is 9.88 Å². The van der Waals surface area contributed by atoms with Crippen molar-refractivity contribution in [2.24, 2.45) is 0 Å². The van der Waals surface area contributed by atoms with Crippen LogP contribution in [-0.2, 0) is 13.0 Å². The Balaban J connectivity index is 1.31. The van der Waals surface area contributed by atoms with Crippen LogP contribution in [0.1, 0.15) is 46.6 Å². The lowest BCUT2D eigenvalue weighted by Crippen LogP contribution is -2.24. The topological polar surface area (TPSA) is 46.9 Å². The van der Waals surface area contributed by atoms with E-state index in [9.17, 15) is 9.18 Å². The van der Waals surface area contributed by atoms with Crippen molar-refractivity contribution in [3.63, 3.8) is 0 Å². The average molecular weight is 430 g/mol. The number of hydrogen-bond acceptors (Lipinski definition) is 2. The van der Waals surface area contributed by atoms with Gasteiger partial charge in [0, 0.05) is 25.1 Å². The lowest BCUT2D eigenvalue weighted by Gasteiger charge is -2.10. The van der Waals surface area contributed by atoms with Crippen molar-refractivity contribution < 1.29 is 9.18 Å². The normalized spacial score (nSPS) is 11.1. The second-order valence-electron chi connectivity index (χ2n) is 8.16. The van der Waals surface area contributed by atoms with Crippen LogP contribution >= 0.6 is 0 Å². The minimum atomic E-state index is -0.223. The van der Waals surface area contributed by atoms with Crippen LogP contribution in [-0.4, -0.2) is 22.0 Å². The van der Waals surface area contributed by atoms with Crippen LogP contribution in [0.4, 0.5) is 4.39 Å². The zero-order valence-electron chi connectivity index (χ0n) is 18.4. The summed E-state index contributed by atoms with van der Waals surface area (Å²) < 4.78 is 15.5. The van der Waals surface area contributed by atoms with Crippen LogP contribution in [0.25, 0.3) is 11.0 Å². The first-order valence-electron chi connectivity index (χ1n) is 11.1. The molecule has 4 rings (SSSR count). The first-order chi connectivity index (χ1) is 15.6. The van der Waals surface area contributed by atoms with Gasteiger partial charge in [-0.25, -0.2) is 9.37 Å². The maximum absolute atomic E-state index is 13.3. The number of imidazole rings is 1. The Hall–Kier alpha value is -3.47. The average Bonchev–Trinajstić information content (AvgIpc) is 3.15. The Morgan fingerprint density at radius 2 is 1.69 bits per heavy atom. The largest absolute Gasteiger partial charge is 0.352 e. The van der Waals surface area contributed by atoms with Gasteiger partial charge in [-0.3, -0.25) is 4.79 Å². The molecular weight excluding hydrogens is 401 g/mol. The maximum atomic E-state index is 13.3. The smallest absolute Gasteiger partial charge is 0.251 e. The van der Waals surface area contributed by atoms with Crippen molar-refractivity contribution in [2.45, 2.75) is 39.2 Å². The highest BCUT2D eigenvalue weighted by molar-refractivity contribution is 5.94. The second kappa shape index (κ2) is 10.2. The predicted octanol–water partition coefficient (Wildman–Crippen LogP) is 5.67. The van der Waals surface area contributed by atoms with Gasteiger partial charge in [-0.2, -0.15) is 0 Å². The number of amides is 1. The first-order valence-corrected chi connectivity index (χ1v) is 11.1. The number of nitrogens with one attached hydrogen (secondary N) is 1. The number of fused-ring (bicyclic) bond motifs is 1. The summed E-state index contributed by atoms with van der Waals surface area (Å²) in [4.78, 5) is 17.0. The van der Waals surface area contributed by atoms with Crippen LogP contribution in [0.5, 0.6) is 0 Å². The zero-order chi connectivity index (χ0) is 22.3. The number of aryl methyl sites for hydroxylation is 2. The van der Waals surface area contributed by atoms with Crippen molar-refractivity contribution in [1.29, 1.82) is 0 Å². The predicted molar refractivity (Wildman–Crippen MR) is 126 cm³/mol. The first kappa shape index (κ1) is 21.8. The number of carbonyl (C=O) groups excluding carboxylic acids is 1.